The molecule has 8 nitrogen and oxygen atoms in total. The molecule has 8 heteroatoms. The summed E-state index contributed by atoms with van der Waals surface area (Å²) in [5, 5.41) is 9.28. The van der Waals surface area contributed by atoms with Gasteiger partial charge in [-0.05, 0) is 24.0 Å². The Kier molecular flexibility index (Phi) is 6.59. The highest BCUT2D eigenvalue weighted by Crippen LogP contribution is 2.32. The first kappa shape index (κ1) is 26.3. The molecule has 216 valence electrons. The van der Waals surface area contributed by atoms with Crippen molar-refractivity contribution < 1.29 is 0 Å². The van der Waals surface area contributed by atoms with Gasteiger partial charge in [0, 0.05) is 40.7 Å². The van der Waals surface area contributed by atoms with Crippen molar-refractivity contribution in [1.29, 1.82) is 0 Å². The largest absolute Gasteiger partial charge is 0.326 e. The van der Waals surface area contributed by atoms with Crippen LogP contribution < -0.4 is 21.6 Å². The quantitative estimate of drug-likeness (QED) is 0.297. The fraction of sp³-hybridized carbons (Fsp3) is 0.194. The van der Waals surface area contributed by atoms with Crippen LogP contribution in [-0.4, -0.2) is 22.5 Å². The highest BCUT2D eigenvalue weighted by molar-refractivity contribution is 6.04. The van der Waals surface area contributed by atoms with Crippen molar-refractivity contribution in [2.45, 2.75) is 38.8 Å². The molecular formula is C36H32N8. The number of aromatic amines is 1. The smallest absolute Gasteiger partial charge is 0.170 e. The van der Waals surface area contributed by atoms with Gasteiger partial charge < -0.3 is 15.6 Å². The molecule has 2 unspecified atom stereocenters. The van der Waals surface area contributed by atoms with Gasteiger partial charge in [0.1, 0.15) is 40.1 Å². The molecule has 2 aromatic carbocycles. The third-order valence-electron chi connectivity index (χ3n) is 8.36. The third kappa shape index (κ3) is 4.88. The molecule has 44 heavy (non-hydrogen) atoms. The maximum Gasteiger partial charge on any atom is 0.170 e. The maximum atomic E-state index is 5.20. The fourth-order valence-electron chi connectivity index (χ4n) is 6.07. The number of allylic oxidation sites excluding steroid dienone is 8. The van der Waals surface area contributed by atoms with E-state index in [0.29, 0.717) is 18.1 Å². The molecule has 8 rings (SSSR count). The number of H-pyrrole nitrogens is 1. The average molecular weight is 577 g/mol. The molecule has 3 N–H and O–H groups in total. The molecule has 1 aliphatic carbocycles. The zero-order valence-electron chi connectivity index (χ0n) is 24.5. The van der Waals surface area contributed by atoms with Gasteiger partial charge in [0.25, 0.3) is 0 Å². The van der Waals surface area contributed by atoms with Crippen LogP contribution in [0.4, 0.5) is 0 Å². The van der Waals surface area contributed by atoms with E-state index < -0.39 is 6.17 Å². The summed E-state index contributed by atoms with van der Waals surface area (Å²) in [5.74, 6) is 3.81. The van der Waals surface area contributed by atoms with Crippen LogP contribution in [0.3, 0.4) is 0 Å². The van der Waals surface area contributed by atoms with Gasteiger partial charge in [-0.1, -0.05) is 104 Å². The summed E-state index contributed by atoms with van der Waals surface area (Å²) in [6, 6.07) is 16.5. The van der Waals surface area contributed by atoms with E-state index in [1.807, 2.05) is 24.3 Å². The van der Waals surface area contributed by atoms with Crippen molar-refractivity contribution in [3.63, 3.8) is 0 Å². The number of amidine groups is 3. The predicted octanol–water partition coefficient (Wildman–Crippen LogP) is 5.74. The number of nitrogens with zero attached hydrogens (tertiary/aromatic N) is 5. The Morgan fingerprint density at radius 3 is 2.39 bits per heavy atom. The number of nitrogens with one attached hydrogen (secondary N) is 3. The minimum absolute atomic E-state index is 0.0196. The number of benzene rings is 2. The van der Waals surface area contributed by atoms with Crippen LogP contribution in [0, 0.1) is 5.92 Å². The highest BCUT2D eigenvalue weighted by Gasteiger charge is 2.28. The Morgan fingerprint density at radius 1 is 0.727 bits per heavy atom. The summed E-state index contributed by atoms with van der Waals surface area (Å²) >= 11 is 0. The Bertz CT molecular complexity index is 2090. The van der Waals surface area contributed by atoms with Crippen molar-refractivity contribution in [2.24, 2.45) is 30.9 Å². The van der Waals surface area contributed by atoms with Gasteiger partial charge in [-0.2, -0.15) is 0 Å². The Labute approximate surface area is 255 Å². The van der Waals surface area contributed by atoms with Crippen molar-refractivity contribution in [3.05, 3.63) is 142 Å². The van der Waals surface area contributed by atoms with Crippen molar-refractivity contribution in [1.82, 2.24) is 15.6 Å². The number of dihydropyridines is 1. The topological polar surface area (TPSA) is 102 Å². The minimum atomic E-state index is -0.415. The van der Waals surface area contributed by atoms with Gasteiger partial charge in [0.05, 0.1) is 0 Å². The van der Waals surface area contributed by atoms with E-state index in [4.69, 9.17) is 25.0 Å². The van der Waals surface area contributed by atoms with Crippen LogP contribution in [-0.2, 0) is 0 Å². The molecule has 0 radical (unpaired) electrons. The van der Waals surface area contributed by atoms with Gasteiger partial charge in [-0.15, -0.1) is 0 Å². The SMILES string of the molecule is CC1/C=C\C/C=C\C/C2=N/C3N=C(NC4=C5/C=C\C/C=C\C(=C(/N=c6\[nH]c(c7ccccc67)=NC1=N2)N4)C5)c1ccccc13. The number of aliphatic imine (C=N–C) groups is 3. The first-order chi connectivity index (χ1) is 21.7. The predicted molar refractivity (Wildman–Crippen MR) is 176 cm³/mol. The van der Waals surface area contributed by atoms with Gasteiger partial charge in [-0.3, -0.25) is 0 Å². The van der Waals surface area contributed by atoms with E-state index >= 15 is 0 Å². The molecule has 2 atom stereocenters. The molecule has 1 aromatic heterocycles. The summed E-state index contributed by atoms with van der Waals surface area (Å²) in [5.41, 5.74) is 5.84. The Balaban J connectivity index is 1.42. The third-order valence-corrected chi connectivity index (χ3v) is 8.36. The summed E-state index contributed by atoms with van der Waals surface area (Å²) in [6.45, 7) is 2.13. The first-order valence-corrected chi connectivity index (χ1v) is 15.2. The molecule has 5 heterocycles. The minimum Gasteiger partial charge on any atom is -0.326 e. The van der Waals surface area contributed by atoms with Crippen molar-refractivity contribution >= 4 is 28.3 Å². The second-order valence-corrected chi connectivity index (χ2v) is 11.4. The lowest BCUT2D eigenvalue weighted by Gasteiger charge is -2.25. The second kappa shape index (κ2) is 11.0. The molecule has 3 aromatic rings. The lowest BCUT2D eigenvalue weighted by Crippen LogP contribution is -2.35. The zero-order chi connectivity index (χ0) is 29.5. The van der Waals surface area contributed by atoms with Crippen LogP contribution in [0.1, 0.15) is 49.9 Å². The lowest BCUT2D eigenvalue weighted by molar-refractivity contribution is 0.772. The molecule has 5 aliphatic rings. The molecule has 10 bridgehead atoms. The van der Waals surface area contributed by atoms with E-state index in [1.165, 1.54) is 0 Å². The van der Waals surface area contributed by atoms with Crippen LogP contribution in [0.2, 0.25) is 0 Å². The summed E-state index contributed by atoms with van der Waals surface area (Å²) in [6.07, 6.45) is 20.0. The van der Waals surface area contributed by atoms with Gasteiger partial charge >= 0.3 is 0 Å². The molecule has 0 fully saturated rings. The van der Waals surface area contributed by atoms with Crippen molar-refractivity contribution in [3.8, 4) is 0 Å². The van der Waals surface area contributed by atoms with E-state index in [0.717, 1.165) is 80.8 Å². The summed E-state index contributed by atoms with van der Waals surface area (Å²) in [7, 11) is 0. The van der Waals surface area contributed by atoms with Gasteiger partial charge in [0.15, 0.2) is 6.17 Å². The highest BCUT2D eigenvalue weighted by atomic mass is 15.2. The summed E-state index contributed by atoms with van der Waals surface area (Å²) in [4.78, 5) is 29.3. The maximum absolute atomic E-state index is 5.20. The van der Waals surface area contributed by atoms with Crippen molar-refractivity contribution in [2.75, 3.05) is 0 Å². The molecule has 0 amide bonds. The van der Waals surface area contributed by atoms with Gasteiger partial charge in [0.2, 0.25) is 0 Å². The van der Waals surface area contributed by atoms with E-state index in [9.17, 15) is 0 Å². The molecular weight excluding hydrogens is 544 g/mol. The van der Waals surface area contributed by atoms with Gasteiger partial charge in [-0.25, -0.2) is 25.0 Å². The fourth-order valence-corrected chi connectivity index (χ4v) is 6.07. The normalized spacial score (nSPS) is 27.3. The number of hydrogen-bond donors (Lipinski definition) is 3. The number of aromatic nitrogens is 1. The Hall–Kier alpha value is -5.37. The number of hydrogen-bond acceptors (Lipinski definition) is 7. The number of rotatable bonds is 0. The van der Waals surface area contributed by atoms with Crippen LogP contribution >= 0.6 is 0 Å². The van der Waals surface area contributed by atoms with E-state index in [-0.39, 0.29) is 5.92 Å². The zero-order valence-corrected chi connectivity index (χ0v) is 24.5. The average Bonchev–Trinajstić information content (AvgIpc) is 3.54. The molecule has 0 spiro atoms. The van der Waals surface area contributed by atoms with Crippen LogP contribution in [0.25, 0.3) is 10.8 Å². The van der Waals surface area contributed by atoms with Crippen LogP contribution in [0.5, 0.6) is 0 Å². The first-order valence-electron chi connectivity index (χ1n) is 15.2. The standard InChI is InChI=1S/C36H32N8/c1-22-13-5-2-3-8-20-29-37-30(22)39-34-27-18-11-12-19-28(27)36(44-34)42-32-24-15-7-4-6-14-23(21-24)31(40-32)41-35-26-17-10-9-16-25(26)33(38-29)43-35/h3,5-19,22,33,40H,2,4,20-21H2,1H3,(H,41,43)(H,37,38,39,42,44)/b8-3-,13-5-,14-6-,15-7-. The monoisotopic (exact) mass is 576 g/mol. The summed E-state index contributed by atoms with van der Waals surface area (Å²) < 4.78 is 0. The second-order valence-electron chi connectivity index (χ2n) is 11.4. The number of fused-ring (bicyclic) bond motifs is 14. The molecule has 0 saturated carbocycles. The lowest BCUT2D eigenvalue weighted by atomic mass is 9.98. The molecule has 4 aliphatic heterocycles. The molecule has 0 saturated heterocycles. The Morgan fingerprint density at radius 2 is 1.50 bits per heavy atom. The van der Waals surface area contributed by atoms with Crippen LogP contribution in [0.15, 0.2) is 145 Å². The van der Waals surface area contributed by atoms with E-state index in [1.54, 1.807) is 0 Å². The van der Waals surface area contributed by atoms with E-state index in [2.05, 4.69) is 95.4 Å².